The Hall–Kier alpha value is -1.85. The first-order valence-corrected chi connectivity index (χ1v) is 8.39. The van der Waals surface area contributed by atoms with E-state index in [9.17, 15) is 4.79 Å². The second kappa shape index (κ2) is 5.65. The summed E-state index contributed by atoms with van der Waals surface area (Å²) in [4.78, 5) is 19.1. The molecule has 2 N–H and O–H groups in total. The number of H-pyrrole nitrogens is 1. The van der Waals surface area contributed by atoms with Gasteiger partial charge in [-0.3, -0.25) is 4.90 Å². The number of carbonyl (C=O) groups is 1. The molecule has 2 heterocycles. The number of carboxylic acids is 1. The molecular formula is C18H23N3O2. The minimum Gasteiger partial charge on any atom is -0.477 e. The van der Waals surface area contributed by atoms with Crippen LogP contribution in [0.15, 0.2) is 24.3 Å². The van der Waals surface area contributed by atoms with Crippen LogP contribution < -0.4 is 0 Å². The number of aromatic nitrogens is 1. The molecule has 0 radical (unpaired) electrons. The van der Waals surface area contributed by atoms with E-state index in [1.807, 2.05) is 6.07 Å². The van der Waals surface area contributed by atoms with Crippen LogP contribution in [0.25, 0.3) is 10.9 Å². The number of rotatable bonds is 3. The van der Waals surface area contributed by atoms with Gasteiger partial charge in [-0.25, -0.2) is 4.79 Å². The van der Waals surface area contributed by atoms with Crippen molar-refractivity contribution in [2.45, 2.75) is 24.8 Å². The Morgan fingerprint density at radius 2 is 1.91 bits per heavy atom. The molecule has 0 amide bonds. The summed E-state index contributed by atoms with van der Waals surface area (Å²) in [5, 5.41) is 10.1. The summed E-state index contributed by atoms with van der Waals surface area (Å²) in [6.07, 6.45) is 2.45. The highest BCUT2D eigenvalue weighted by Crippen LogP contribution is 2.40. The Morgan fingerprint density at radius 1 is 1.17 bits per heavy atom. The van der Waals surface area contributed by atoms with Crippen molar-refractivity contribution in [1.29, 1.82) is 0 Å². The quantitative estimate of drug-likeness (QED) is 0.913. The third-order valence-corrected chi connectivity index (χ3v) is 5.52. The lowest BCUT2D eigenvalue weighted by Gasteiger charge is -2.46. The second-order valence-electron chi connectivity index (χ2n) is 7.00. The molecule has 0 spiro atoms. The van der Waals surface area contributed by atoms with Crippen molar-refractivity contribution in [3.05, 3.63) is 35.5 Å². The van der Waals surface area contributed by atoms with Crippen LogP contribution in [0.4, 0.5) is 0 Å². The standard InChI is InChI=1S/C18H23N3O2/c1-20-4-6-21(7-5-20)15-8-14(9-15)12-2-3-13-11-17(18(22)23)19-16(13)10-12/h2-3,10-11,14-15,19H,4-9H2,1H3,(H,22,23). The van der Waals surface area contributed by atoms with Gasteiger partial charge in [-0.2, -0.15) is 0 Å². The molecular weight excluding hydrogens is 290 g/mol. The fraction of sp³-hybridized carbons (Fsp3) is 0.500. The fourth-order valence-electron chi connectivity index (χ4n) is 3.86. The number of nitrogens with zero attached hydrogens (tertiary/aromatic N) is 2. The van der Waals surface area contributed by atoms with E-state index in [0.29, 0.717) is 5.92 Å². The smallest absolute Gasteiger partial charge is 0.352 e. The molecule has 1 aromatic carbocycles. The van der Waals surface area contributed by atoms with Gasteiger partial charge in [0.05, 0.1) is 0 Å². The fourth-order valence-corrected chi connectivity index (χ4v) is 3.86. The van der Waals surface area contributed by atoms with E-state index in [1.54, 1.807) is 6.07 Å². The third kappa shape index (κ3) is 2.75. The lowest BCUT2D eigenvalue weighted by Crippen LogP contribution is -2.52. The number of benzene rings is 1. The minimum atomic E-state index is -0.901. The molecule has 2 aliphatic rings. The van der Waals surface area contributed by atoms with Crippen molar-refractivity contribution in [3.63, 3.8) is 0 Å². The van der Waals surface area contributed by atoms with E-state index in [4.69, 9.17) is 5.11 Å². The predicted molar refractivity (Wildman–Crippen MR) is 90.1 cm³/mol. The number of fused-ring (bicyclic) bond motifs is 1. The Morgan fingerprint density at radius 3 is 2.61 bits per heavy atom. The molecule has 0 atom stereocenters. The number of hydrogen-bond donors (Lipinski definition) is 2. The normalized spacial score (nSPS) is 26.3. The molecule has 1 aliphatic heterocycles. The molecule has 2 aromatic rings. The molecule has 2 fully saturated rings. The van der Waals surface area contributed by atoms with Gasteiger partial charge in [-0.1, -0.05) is 12.1 Å². The van der Waals surface area contributed by atoms with Gasteiger partial charge in [0.1, 0.15) is 5.69 Å². The van der Waals surface area contributed by atoms with E-state index in [2.05, 4.69) is 34.0 Å². The van der Waals surface area contributed by atoms with Crippen LogP contribution >= 0.6 is 0 Å². The number of nitrogens with one attached hydrogen (secondary N) is 1. The monoisotopic (exact) mass is 313 g/mol. The van der Waals surface area contributed by atoms with Crippen LogP contribution in [0.3, 0.4) is 0 Å². The predicted octanol–water partition coefficient (Wildman–Crippen LogP) is 2.36. The summed E-state index contributed by atoms with van der Waals surface area (Å²) >= 11 is 0. The molecule has 23 heavy (non-hydrogen) atoms. The minimum absolute atomic E-state index is 0.265. The molecule has 0 bridgehead atoms. The van der Waals surface area contributed by atoms with Crippen molar-refractivity contribution in [1.82, 2.24) is 14.8 Å². The first-order valence-electron chi connectivity index (χ1n) is 8.39. The van der Waals surface area contributed by atoms with Gasteiger partial charge in [0.15, 0.2) is 0 Å². The van der Waals surface area contributed by atoms with E-state index in [0.717, 1.165) is 16.9 Å². The van der Waals surface area contributed by atoms with Crippen LogP contribution in [-0.2, 0) is 0 Å². The summed E-state index contributed by atoms with van der Waals surface area (Å²) in [5.74, 6) is -0.290. The van der Waals surface area contributed by atoms with Gasteiger partial charge in [-0.15, -0.1) is 0 Å². The summed E-state index contributed by atoms with van der Waals surface area (Å²) in [6.45, 7) is 4.72. The largest absolute Gasteiger partial charge is 0.477 e. The molecule has 1 aromatic heterocycles. The number of aromatic amines is 1. The molecule has 1 aliphatic carbocycles. The molecule has 1 saturated heterocycles. The van der Waals surface area contributed by atoms with E-state index in [-0.39, 0.29) is 5.69 Å². The summed E-state index contributed by atoms with van der Waals surface area (Å²) < 4.78 is 0. The van der Waals surface area contributed by atoms with Crippen molar-refractivity contribution >= 4 is 16.9 Å². The highest BCUT2D eigenvalue weighted by Gasteiger charge is 2.35. The Labute approximate surface area is 135 Å². The van der Waals surface area contributed by atoms with Gasteiger partial charge < -0.3 is 15.0 Å². The van der Waals surface area contributed by atoms with Gasteiger partial charge >= 0.3 is 5.97 Å². The van der Waals surface area contributed by atoms with Crippen molar-refractivity contribution in [2.24, 2.45) is 0 Å². The van der Waals surface area contributed by atoms with Crippen LogP contribution in [0.1, 0.15) is 34.8 Å². The molecule has 0 unspecified atom stereocenters. The van der Waals surface area contributed by atoms with Crippen molar-refractivity contribution in [2.75, 3.05) is 33.2 Å². The van der Waals surface area contributed by atoms with Gasteiger partial charge in [0.25, 0.3) is 0 Å². The van der Waals surface area contributed by atoms with Gasteiger partial charge in [-0.05, 0) is 43.5 Å². The van der Waals surface area contributed by atoms with Crippen molar-refractivity contribution < 1.29 is 9.90 Å². The zero-order valence-electron chi connectivity index (χ0n) is 13.5. The lowest BCUT2D eigenvalue weighted by molar-refractivity contribution is 0.0605. The van der Waals surface area contributed by atoms with Crippen molar-refractivity contribution in [3.8, 4) is 0 Å². The van der Waals surface area contributed by atoms with E-state index >= 15 is 0 Å². The maximum atomic E-state index is 11.1. The summed E-state index contributed by atoms with van der Waals surface area (Å²) in [6, 6.07) is 8.76. The number of aromatic carboxylic acids is 1. The molecule has 5 heteroatoms. The molecule has 122 valence electrons. The SMILES string of the molecule is CN1CCN(C2CC(c3ccc4cc(C(=O)O)[nH]c4c3)C2)CC1. The molecule has 5 nitrogen and oxygen atoms in total. The number of hydrogen-bond acceptors (Lipinski definition) is 3. The second-order valence-corrected chi connectivity index (χ2v) is 7.00. The Kier molecular flexibility index (Phi) is 3.62. The highest BCUT2D eigenvalue weighted by molar-refractivity contribution is 5.93. The zero-order chi connectivity index (χ0) is 16.0. The maximum Gasteiger partial charge on any atom is 0.352 e. The van der Waals surface area contributed by atoms with Crippen LogP contribution in [0.5, 0.6) is 0 Å². The first-order chi connectivity index (χ1) is 11.1. The zero-order valence-corrected chi connectivity index (χ0v) is 13.5. The summed E-state index contributed by atoms with van der Waals surface area (Å²) in [5.41, 5.74) is 2.53. The van der Waals surface area contributed by atoms with E-state index in [1.165, 1.54) is 44.6 Å². The van der Waals surface area contributed by atoms with Crippen LogP contribution in [-0.4, -0.2) is 65.1 Å². The Balaban J connectivity index is 1.43. The van der Waals surface area contributed by atoms with Crippen LogP contribution in [0.2, 0.25) is 0 Å². The molecule has 1 saturated carbocycles. The summed E-state index contributed by atoms with van der Waals surface area (Å²) in [7, 11) is 2.19. The average Bonchev–Trinajstić information content (AvgIpc) is 2.91. The number of piperazine rings is 1. The topological polar surface area (TPSA) is 59.6 Å². The molecule has 4 rings (SSSR count). The Bertz CT molecular complexity index is 725. The third-order valence-electron chi connectivity index (χ3n) is 5.52. The van der Waals surface area contributed by atoms with Crippen LogP contribution in [0, 0.1) is 0 Å². The first kappa shape index (κ1) is 14.7. The van der Waals surface area contributed by atoms with E-state index < -0.39 is 5.97 Å². The maximum absolute atomic E-state index is 11.1. The lowest BCUT2D eigenvalue weighted by atomic mass is 9.75. The highest BCUT2D eigenvalue weighted by atomic mass is 16.4. The van der Waals surface area contributed by atoms with Gasteiger partial charge in [0.2, 0.25) is 0 Å². The average molecular weight is 313 g/mol. The van der Waals surface area contributed by atoms with Gasteiger partial charge in [0, 0.05) is 43.1 Å². The number of carboxylic acid groups (broad SMARTS) is 1. The number of likely N-dealkylation sites (N-methyl/N-ethyl adjacent to an activating group) is 1.